The van der Waals surface area contributed by atoms with Crippen molar-refractivity contribution in [2.45, 2.75) is 0 Å². The Morgan fingerprint density at radius 3 is 2.23 bits per heavy atom. The van der Waals surface area contributed by atoms with E-state index >= 15 is 0 Å². The first-order valence-electron chi connectivity index (χ1n) is 7.54. The predicted octanol–water partition coefficient (Wildman–Crippen LogP) is 2.79. The van der Waals surface area contributed by atoms with Crippen molar-refractivity contribution in [2.75, 3.05) is 25.2 Å². The molecule has 26 heavy (non-hydrogen) atoms. The van der Waals surface area contributed by atoms with Crippen LogP contribution in [0.2, 0.25) is 0 Å². The molecule has 9 heteroatoms. The van der Waals surface area contributed by atoms with Crippen LogP contribution in [-0.4, -0.2) is 39.0 Å². The summed E-state index contributed by atoms with van der Waals surface area (Å²) in [6, 6.07) is 12.0. The molecule has 0 amide bonds. The molecule has 0 spiro atoms. The van der Waals surface area contributed by atoms with Crippen LogP contribution in [0.4, 0.5) is 5.69 Å². The van der Waals surface area contributed by atoms with Gasteiger partial charge in [0.25, 0.3) is 5.89 Å². The fraction of sp³-hybridized carbons (Fsp3) is 0.176. The summed E-state index contributed by atoms with van der Waals surface area (Å²) in [4.78, 5) is 4.37. The van der Waals surface area contributed by atoms with E-state index in [0.717, 1.165) is 6.26 Å². The largest absolute Gasteiger partial charge is 0.493 e. The van der Waals surface area contributed by atoms with Gasteiger partial charge in [0, 0.05) is 16.8 Å². The summed E-state index contributed by atoms with van der Waals surface area (Å²) in [5, 5.41) is 3.97. The minimum absolute atomic E-state index is 0.333. The standard InChI is InChI=1S/C17H17N3O5S/c1-23-14-9-6-12(10-15(14)24-2)17-18-16(19-25-17)11-4-7-13(8-5-11)20-26(3,21)22/h4-10,20H,1-3H3. The molecule has 0 aliphatic heterocycles. The Hall–Kier alpha value is -3.07. The predicted molar refractivity (Wildman–Crippen MR) is 96.7 cm³/mol. The van der Waals surface area contributed by atoms with Crippen LogP contribution in [0, 0.1) is 0 Å². The first kappa shape index (κ1) is 17.7. The third-order valence-electron chi connectivity index (χ3n) is 3.50. The monoisotopic (exact) mass is 375 g/mol. The van der Waals surface area contributed by atoms with Gasteiger partial charge in [0.2, 0.25) is 15.8 Å². The lowest BCUT2D eigenvalue weighted by molar-refractivity contribution is 0.355. The molecule has 0 aliphatic rings. The number of benzene rings is 2. The summed E-state index contributed by atoms with van der Waals surface area (Å²) in [6.07, 6.45) is 1.09. The number of nitrogens with zero attached hydrogens (tertiary/aromatic N) is 2. The van der Waals surface area contributed by atoms with Crippen LogP contribution in [0.25, 0.3) is 22.8 Å². The summed E-state index contributed by atoms with van der Waals surface area (Å²) >= 11 is 0. The van der Waals surface area contributed by atoms with Gasteiger partial charge in [-0.1, -0.05) is 5.16 Å². The third-order valence-corrected chi connectivity index (χ3v) is 4.11. The molecule has 0 saturated carbocycles. The molecule has 0 unspecified atom stereocenters. The number of methoxy groups -OCH3 is 2. The molecule has 0 aliphatic carbocycles. The van der Waals surface area contributed by atoms with Gasteiger partial charge in [-0.2, -0.15) is 4.98 Å². The summed E-state index contributed by atoms with van der Waals surface area (Å²) in [7, 11) is -0.212. The minimum atomic E-state index is -3.32. The number of hydrogen-bond donors (Lipinski definition) is 1. The van der Waals surface area contributed by atoms with Crippen molar-refractivity contribution >= 4 is 15.7 Å². The van der Waals surface area contributed by atoms with Gasteiger partial charge in [-0.15, -0.1) is 0 Å². The van der Waals surface area contributed by atoms with Gasteiger partial charge in [0.15, 0.2) is 11.5 Å². The zero-order valence-corrected chi connectivity index (χ0v) is 15.2. The Morgan fingerprint density at radius 2 is 1.62 bits per heavy atom. The second-order valence-electron chi connectivity index (χ2n) is 5.44. The van der Waals surface area contributed by atoms with Crippen LogP contribution < -0.4 is 14.2 Å². The van der Waals surface area contributed by atoms with E-state index in [1.54, 1.807) is 56.7 Å². The maximum Gasteiger partial charge on any atom is 0.258 e. The minimum Gasteiger partial charge on any atom is -0.493 e. The van der Waals surface area contributed by atoms with Crippen molar-refractivity contribution in [2.24, 2.45) is 0 Å². The Balaban J connectivity index is 1.86. The van der Waals surface area contributed by atoms with Crippen LogP contribution in [-0.2, 0) is 10.0 Å². The molecule has 1 N–H and O–H groups in total. The lowest BCUT2D eigenvalue weighted by Crippen LogP contribution is -2.09. The van der Waals surface area contributed by atoms with E-state index in [-0.39, 0.29) is 0 Å². The van der Waals surface area contributed by atoms with Gasteiger partial charge in [-0.3, -0.25) is 4.72 Å². The fourth-order valence-corrected chi connectivity index (χ4v) is 2.89. The van der Waals surface area contributed by atoms with Gasteiger partial charge in [0.1, 0.15) is 0 Å². The van der Waals surface area contributed by atoms with Crippen molar-refractivity contribution in [3.05, 3.63) is 42.5 Å². The lowest BCUT2D eigenvalue weighted by atomic mass is 10.2. The van der Waals surface area contributed by atoms with E-state index < -0.39 is 10.0 Å². The van der Waals surface area contributed by atoms with Crippen molar-refractivity contribution < 1.29 is 22.4 Å². The second kappa shape index (κ2) is 7.04. The quantitative estimate of drug-likeness (QED) is 0.706. The van der Waals surface area contributed by atoms with Gasteiger partial charge in [-0.05, 0) is 42.5 Å². The van der Waals surface area contributed by atoms with Crippen molar-refractivity contribution in [1.29, 1.82) is 0 Å². The number of aromatic nitrogens is 2. The maximum absolute atomic E-state index is 11.2. The Kier molecular flexibility index (Phi) is 4.81. The van der Waals surface area contributed by atoms with Crippen LogP contribution in [0.15, 0.2) is 47.0 Å². The van der Waals surface area contributed by atoms with E-state index in [1.165, 1.54) is 0 Å². The van der Waals surface area contributed by atoms with Crippen LogP contribution >= 0.6 is 0 Å². The summed E-state index contributed by atoms with van der Waals surface area (Å²) in [5.74, 6) is 1.88. The number of nitrogens with one attached hydrogen (secondary N) is 1. The summed E-state index contributed by atoms with van der Waals surface area (Å²) in [5.41, 5.74) is 1.84. The normalized spacial score (nSPS) is 11.2. The lowest BCUT2D eigenvalue weighted by Gasteiger charge is -2.07. The van der Waals surface area contributed by atoms with Crippen LogP contribution in [0.1, 0.15) is 0 Å². The topological polar surface area (TPSA) is 104 Å². The van der Waals surface area contributed by atoms with Crippen LogP contribution in [0.3, 0.4) is 0 Å². The molecule has 0 bridgehead atoms. The highest BCUT2D eigenvalue weighted by molar-refractivity contribution is 7.92. The van der Waals surface area contributed by atoms with Gasteiger partial charge < -0.3 is 14.0 Å². The number of sulfonamides is 1. The van der Waals surface area contributed by atoms with Crippen molar-refractivity contribution in [1.82, 2.24) is 10.1 Å². The van der Waals surface area contributed by atoms with E-state index in [0.29, 0.717) is 40.0 Å². The SMILES string of the molecule is COc1ccc(-c2nc(-c3ccc(NS(C)(=O)=O)cc3)no2)cc1OC. The Bertz CT molecular complexity index is 1010. The van der Waals surface area contributed by atoms with E-state index in [9.17, 15) is 8.42 Å². The summed E-state index contributed by atoms with van der Waals surface area (Å²) < 4.78 is 40.7. The van der Waals surface area contributed by atoms with Crippen molar-refractivity contribution in [3.8, 4) is 34.3 Å². The molecule has 1 heterocycles. The molecule has 3 rings (SSSR count). The molecule has 2 aromatic carbocycles. The molecule has 0 radical (unpaired) electrons. The summed E-state index contributed by atoms with van der Waals surface area (Å²) in [6.45, 7) is 0. The molecule has 0 saturated heterocycles. The average Bonchev–Trinajstić information content (AvgIpc) is 3.10. The molecule has 8 nitrogen and oxygen atoms in total. The average molecular weight is 375 g/mol. The van der Waals surface area contributed by atoms with Gasteiger partial charge >= 0.3 is 0 Å². The van der Waals surface area contributed by atoms with Gasteiger partial charge in [0.05, 0.1) is 20.5 Å². The first-order chi connectivity index (χ1) is 12.4. The third kappa shape index (κ3) is 3.94. The highest BCUT2D eigenvalue weighted by Crippen LogP contribution is 2.32. The fourth-order valence-electron chi connectivity index (χ4n) is 2.33. The molecular weight excluding hydrogens is 358 g/mol. The van der Waals surface area contributed by atoms with E-state index in [1.807, 2.05) is 0 Å². The van der Waals surface area contributed by atoms with E-state index in [4.69, 9.17) is 14.0 Å². The molecule has 0 fully saturated rings. The Morgan fingerprint density at radius 1 is 0.962 bits per heavy atom. The van der Waals surface area contributed by atoms with Crippen molar-refractivity contribution in [3.63, 3.8) is 0 Å². The number of anilines is 1. The zero-order chi connectivity index (χ0) is 18.7. The van der Waals surface area contributed by atoms with Gasteiger partial charge in [-0.25, -0.2) is 8.42 Å². The molecule has 3 aromatic rings. The first-order valence-corrected chi connectivity index (χ1v) is 9.43. The maximum atomic E-state index is 11.2. The smallest absolute Gasteiger partial charge is 0.258 e. The Labute approximate surface area is 150 Å². The highest BCUT2D eigenvalue weighted by Gasteiger charge is 2.13. The molecular formula is C17H17N3O5S. The second-order valence-corrected chi connectivity index (χ2v) is 7.19. The number of hydrogen-bond acceptors (Lipinski definition) is 7. The highest BCUT2D eigenvalue weighted by atomic mass is 32.2. The molecule has 1 aromatic heterocycles. The molecule has 136 valence electrons. The van der Waals surface area contributed by atoms with E-state index in [2.05, 4.69) is 14.9 Å². The number of rotatable bonds is 6. The van der Waals surface area contributed by atoms with Crippen LogP contribution in [0.5, 0.6) is 11.5 Å². The number of ether oxygens (including phenoxy) is 2. The zero-order valence-electron chi connectivity index (χ0n) is 14.4. The molecule has 0 atom stereocenters.